The Labute approximate surface area is 247 Å². The summed E-state index contributed by atoms with van der Waals surface area (Å²) in [6.07, 6.45) is 24.3. The summed E-state index contributed by atoms with van der Waals surface area (Å²) in [6.45, 7) is 12.6. The van der Waals surface area contributed by atoms with E-state index in [2.05, 4.69) is 132 Å². The lowest BCUT2D eigenvalue weighted by Gasteiger charge is -2.29. The van der Waals surface area contributed by atoms with Gasteiger partial charge in [-0.25, -0.2) is 0 Å². The van der Waals surface area contributed by atoms with Gasteiger partial charge in [0.25, 0.3) is 0 Å². The van der Waals surface area contributed by atoms with E-state index in [0.29, 0.717) is 0 Å². The lowest BCUT2D eigenvalue weighted by atomic mass is 9.95. The fourth-order valence-corrected chi connectivity index (χ4v) is 6.95. The predicted octanol–water partition coefficient (Wildman–Crippen LogP) is 9.81. The van der Waals surface area contributed by atoms with Crippen LogP contribution in [0.2, 0.25) is 0 Å². The molecule has 0 radical (unpaired) electrons. The number of fused-ring (bicyclic) bond motifs is 2. The maximum atomic E-state index is 4.03. The number of nitrogens with zero attached hydrogens (tertiary/aromatic N) is 1. The molecule has 39 heavy (non-hydrogen) atoms. The molecule has 3 aromatic rings. The van der Waals surface area contributed by atoms with Gasteiger partial charge in [-0.1, -0.05) is 121 Å². The van der Waals surface area contributed by atoms with Gasteiger partial charge >= 0.3 is 0 Å². The Morgan fingerprint density at radius 1 is 1.10 bits per heavy atom. The molecule has 2 heterocycles. The highest BCUT2D eigenvalue weighted by Crippen LogP contribution is 2.38. The van der Waals surface area contributed by atoms with Crippen molar-refractivity contribution < 1.29 is 0 Å². The van der Waals surface area contributed by atoms with Crippen molar-refractivity contribution in [2.24, 2.45) is 0 Å². The Morgan fingerprint density at radius 2 is 1.92 bits per heavy atom. The van der Waals surface area contributed by atoms with Crippen molar-refractivity contribution in [1.82, 2.24) is 4.57 Å². The van der Waals surface area contributed by atoms with Gasteiger partial charge in [0.1, 0.15) is 0 Å². The predicted molar refractivity (Wildman–Crippen MR) is 179 cm³/mol. The van der Waals surface area contributed by atoms with Crippen molar-refractivity contribution in [3.63, 3.8) is 0 Å². The van der Waals surface area contributed by atoms with Crippen molar-refractivity contribution >= 4 is 56.3 Å². The number of benzene rings is 2. The molecule has 3 heteroatoms. The van der Waals surface area contributed by atoms with E-state index in [1.165, 1.54) is 43.1 Å². The fourth-order valence-electron chi connectivity index (χ4n) is 5.52. The summed E-state index contributed by atoms with van der Waals surface area (Å²) >= 11 is 5.67. The van der Waals surface area contributed by atoms with E-state index in [1.807, 2.05) is 31.7 Å². The molecule has 0 amide bonds. The van der Waals surface area contributed by atoms with E-state index in [1.54, 1.807) is 0 Å². The van der Waals surface area contributed by atoms with E-state index in [9.17, 15) is 0 Å². The number of rotatable bonds is 6. The first kappa shape index (κ1) is 29.2. The summed E-state index contributed by atoms with van der Waals surface area (Å²) < 4.78 is 3.66. The maximum Gasteiger partial charge on any atom is 0.0611 e. The van der Waals surface area contributed by atoms with Crippen LogP contribution < -0.4 is 10.6 Å². The Bertz CT molecular complexity index is 1580. The standard InChI is InChI=1S/C34H34BrNS.C2H6/c1-4-14-29-30-20-19-27(35)23-32(30)36(34(3)21-12-5-6-13-22-34)31(29)17-8-7-9-18-33-25(2)28-16-11-10-15-26(28)24-37-33;1-2/h4-6,9-12,14-21,23H,1,7-8,13,22,24H2,2-3H3;1-2H3/b18-9-,29-14-,31-17+;. The molecule has 2 aliphatic rings. The minimum absolute atomic E-state index is 0.106. The molecular formula is C36H40BrNS. The van der Waals surface area contributed by atoms with Gasteiger partial charge in [-0.3, -0.25) is 0 Å². The zero-order valence-electron chi connectivity index (χ0n) is 23.7. The monoisotopic (exact) mass is 597 g/mol. The van der Waals surface area contributed by atoms with Gasteiger partial charge in [0.2, 0.25) is 0 Å². The second-order valence-corrected chi connectivity index (χ2v) is 11.9. The Balaban J connectivity index is 0.00000172. The number of halogens is 1. The summed E-state index contributed by atoms with van der Waals surface area (Å²) in [6, 6.07) is 15.4. The molecule has 1 aliphatic heterocycles. The van der Waals surface area contributed by atoms with Gasteiger partial charge in [-0.15, -0.1) is 11.8 Å². The third-order valence-electron chi connectivity index (χ3n) is 7.44. The summed E-state index contributed by atoms with van der Waals surface area (Å²) in [5.41, 5.74) is 5.38. The quantitative estimate of drug-likeness (QED) is 0.256. The zero-order valence-corrected chi connectivity index (χ0v) is 26.1. The SMILES string of the molecule is C=C/C=c1\c(=C/CC/C=C\C2=C(C)c3ccccc3CS2)n(C2(C)C=CC=CCC2)c2cc(Br)ccc12.CC. The number of hydrogen-bond donors (Lipinski definition) is 0. The molecule has 0 saturated carbocycles. The first-order chi connectivity index (χ1) is 19.0. The smallest absolute Gasteiger partial charge is 0.0611 e. The molecule has 0 spiro atoms. The Morgan fingerprint density at radius 3 is 2.74 bits per heavy atom. The van der Waals surface area contributed by atoms with Gasteiger partial charge in [0.15, 0.2) is 0 Å². The molecule has 1 aromatic heterocycles. The van der Waals surface area contributed by atoms with Crippen LogP contribution in [-0.4, -0.2) is 4.57 Å². The molecule has 1 aliphatic carbocycles. The van der Waals surface area contributed by atoms with E-state index in [0.717, 1.165) is 35.9 Å². The number of unbranched alkanes of at least 4 members (excludes halogenated alkanes) is 1. The second-order valence-electron chi connectivity index (χ2n) is 10.0. The molecule has 2 aromatic carbocycles. The van der Waals surface area contributed by atoms with Gasteiger partial charge in [0, 0.05) is 31.1 Å². The molecule has 1 nitrogen and oxygen atoms in total. The number of hydrogen-bond acceptors (Lipinski definition) is 1. The van der Waals surface area contributed by atoms with Gasteiger partial charge < -0.3 is 4.57 Å². The van der Waals surface area contributed by atoms with Gasteiger partial charge in [-0.05, 0) is 68.4 Å². The van der Waals surface area contributed by atoms with Crippen LogP contribution in [0.5, 0.6) is 0 Å². The second kappa shape index (κ2) is 13.5. The summed E-state index contributed by atoms with van der Waals surface area (Å²) in [5.74, 6) is 1.05. The first-order valence-corrected chi connectivity index (χ1v) is 15.9. The third-order valence-corrected chi connectivity index (χ3v) is 9.14. The summed E-state index contributed by atoms with van der Waals surface area (Å²) in [4.78, 5) is 1.39. The fraction of sp³-hybridized carbons (Fsp3) is 0.278. The van der Waals surface area contributed by atoms with Crippen molar-refractivity contribution in [2.75, 3.05) is 0 Å². The molecule has 0 fully saturated rings. The minimum Gasteiger partial charge on any atom is -0.331 e. The van der Waals surface area contributed by atoms with E-state index in [-0.39, 0.29) is 5.54 Å². The maximum absolute atomic E-state index is 4.03. The lowest BCUT2D eigenvalue weighted by molar-refractivity contribution is 0.387. The lowest BCUT2D eigenvalue weighted by Crippen LogP contribution is -2.40. The highest BCUT2D eigenvalue weighted by atomic mass is 79.9. The molecule has 1 unspecified atom stereocenters. The number of allylic oxidation sites excluding steroid dienone is 8. The Hall–Kier alpha value is -2.75. The Kier molecular flexibility index (Phi) is 10.2. The van der Waals surface area contributed by atoms with Crippen LogP contribution in [0, 0.1) is 0 Å². The highest BCUT2D eigenvalue weighted by Gasteiger charge is 2.26. The van der Waals surface area contributed by atoms with E-state index in [4.69, 9.17) is 0 Å². The van der Waals surface area contributed by atoms with Crippen LogP contribution in [0.25, 0.3) is 28.6 Å². The van der Waals surface area contributed by atoms with Crippen LogP contribution in [0.3, 0.4) is 0 Å². The zero-order chi connectivity index (χ0) is 27.8. The van der Waals surface area contributed by atoms with Crippen LogP contribution in [-0.2, 0) is 11.3 Å². The largest absolute Gasteiger partial charge is 0.331 e. The van der Waals surface area contributed by atoms with Crippen LogP contribution in [0.4, 0.5) is 0 Å². The van der Waals surface area contributed by atoms with Crippen molar-refractivity contribution in [1.29, 1.82) is 0 Å². The van der Waals surface area contributed by atoms with Crippen LogP contribution in [0.1, 0.15) is 64.5 Å². The molecular weight excluding hydrogens is 558 g/mol. The topological polar surface area (TPSA) is 4.93 Å². The molecule has 0 bridgehead atoms. The van der Waals surface area contributed by atoms with Crippen molar-refractivity contribution in [2.45, 2.75) is 64.7 Å². The minimum atomic E-state index is -0.106. The van der Waals surface area contributed by atoms with Gasteiger partial charge in [-0.2, -0.15) is 0 Å². The molecule has 1 atom stereocenters. The van der Waals surface area contributed by atoms with Crippen LogP contribution in [0.15, 0.2) is 101 Å². The first-order valence-electron chi connectivity index (χ1n) is 14.1. The van der Waals surface area contributed by atoms with Gasteiger partial charge in [0.05, 0.1) is 11.1 Å². The van der Waals surface area contributed by atoms with Crippen molar-refractivity contribution in [3.8, 4) is 0 Å². The van der Waals surface area contributed by atoms with E-state index >= 15 is 0 Å². The van der Waals surface area contributed by atoms with E-state index < -0.39 is 0 Å². The van der Waals surface area contributed by atoms with Crippen LogP contribution >= 0.6 is 27.7 Å². The average molecular weight is 599 g/mol. The summed E-state index contributed by atoms with van der Waals surface area (Å²) in [7, 11) is 0. The molecule has 5 rings (SSSR count). The molecule has 0 saturated heterocycles. The average Bonchev–Trinajstić information content (AvgIpc) is 3.08. The third kappa shape index (κ3) is 6.36. The summed E-state index contributed by atoms with van der Waals surface area (Å²) in [5, 5.41) is 3.81. The highest BCUT2D eigenvalue weighted by molar-refractivity contribution is 9.10. The number of aromatic nitrogens is 1. The molecule has 202 valence electrons. The molecule has 0 N–H and O–H groups in total. The normalized spacial score (nSPS) is 19.8. The number of thioether (sulfide) groups is 1. The van der Waals surface area contributed by atoms with Crippen molar-refractivity contribution in [3.05, 3.63) is 123 Å².